The summed E-state index contributed by atoms with van der Waals surface area (Å²) >= 11 is 0. The van der Waals surface area contributed by atoms with Gasteiger partial charge in [-0.25, -0.2) is 0 Å². The molecule has 0 unspecified atom stereocenters. The molecule has 180 valence electrons. The molecule has 0 aromatic heterocycles. The lowest BCUT2D eigenvalue weighted by Gasteiger charge is -2.21. The van der Waals surface area contributed by atoms with Crippen molar-refractivity contribution >= 4 is 11.7 Å². The van der Waals surface area contributed by atoms with Crippen molar-refractivity contribution in [1.82, 2.24) is 0 Å². The average Bonchev–Trinajstić information content (AvgIpc) is 2.71. The van der Waals surface area contributed by atoms with Crippen LogP contribution in [-0.4, -0.2) is 35.1 Å². The summed E-state index contributed by atoms with van der Waals surface area (Å²) in [6, 6.07) is 10.8. The molecule has 0 bridgehead atoms. The number of carbonyl (C=O) groups is 1. The summed E-state index contributed by atoms with van der Waals surface area (Å²) in [7, 11) is 0. The summed E-state index contributed by atoms with van der Waals surface area (Å²) in [6.45, 7) is 9.31. The second-order valence-electron chi connectivity index (χ2n) is 9.53. The van der Waals surface area contributed by atoms with Gasteiger partial charge in [0.15, 0.2) is 0 Å². The van der Waals surface area contributed by atoms with Gasteiger partial charge in [0, 0.05) is 16.8 Å². The van der Waals surface area contributed by atoms with Crippen LogP contribution in [0.4, 0.5) is 0 Å². The molecule has 0 heterocycles. The Bertz CT molecular complexity index is 946. The first-order chi connectivity index (χ1) is 15.6. The van der Waals surface area contributed by atoms with Gasteiger partial charge in [-0.15, -0.1) is 0 Å². The van der Waals surface area contributed by atoms with Gasteiger partial charge >= 0.3 is 5.97 Å². The monoisotopic (exact) mass is 455 g/mol. The minimum absolute atomic E-state index is 0.0214. The number of hydrogen-bond donors (Lipinski definition) is 3. The van der Waals surface area contributed by atoms with Gasteiger partial charge in [0.2, 0.25) is 0 Å². The molecule has 33 heavy (non-hydrogen) atoms. The molecular weight excluding hydrogens is 418 g/mol. The molecule has 0 fully saturated rings. The lowest BCUT2D eigenvalue weighted by Crippen LogP contribution is -2.14. The van der Waals surface area contributed by atoms with E-state index in [0.29, 0.717) is 54.4 Å². The number of aliphatic carboxylic acids is 1. The molecule has 0 aliphatic carbocycles. The molecule has 0 amide bonds. The molecule has 0 aliphatic heterocycles. The summed E-state index contributed by atoms with van der Waals surface area (Å²) in [5, 5.41) is 28.1. The fourth-order valence-corrected chi connectivity index (χ4v) is 3.61. The maximum absolute atomic E-state index is 10.8. The molecule has 0 spiro atoms. The molecule has 6 nitrogen and oxygen atoms in total. The molecular formula is C27H37NO5. The molecule has 2 aromatic rings. The fraction of sp³-hybridized carbons (Fsp3) is 0.481. The van der Waals surface area contributed by atoms with E-state index in [9.17, 15) is 9.90 Å². The van der Waals surface area contributed by atoms with Gasteiger partial charge in [0.25, 0.3) is 0 Å². The first kappa shape index (κ1) is 26.2. The number of unbranched alkanes of at least 4 members (excludes halogenated alkanes) is 1. The highest BCUT2D eigenvalue weighted by atomic mass is 16.5. The third-order valence-electron chi connectivity index (χ3n) is 5.09. The van der Waals surface area contributed by atoms with E-state index in [-0.39, 0.29) is 17.6 Å². The summed E-state index contributed by atoms with van der Waals surface area (Å²) in [5.74, 6) is 0.632. The SMILES string of the molecule is CCCc1c(OCCCCOc2cccc(CC(=O)O)c2)ccc(C(=N)CC(C)(C)C)c1O. The topological polar surface area (TPSA) is 99.8 Å². The Morgan fingerprint density at radius 3 is 2.39 bits per heavy atom. The van der Waals surface area contributed by atoms with Gasteiger partial charge in [0.05, 0.1) is 19.6 Å². The van der Waals surface area contributed by atoms with Crippen LogP contribution in [0, 0.1) is 10.8 Å². The maximum atomic E-state index is 10.8. The van der Waals surface area contributed by atoms with Crippen molar-refractivity contribution in [3.63, 3.8) is 0 Å². The smallest absolute Gasteiger partial charge is 0.307 e. The summed E-state index contributed by atoms with van der Waals surface area (Å²) in [5.41, 5.74) is 2.47. The van der Waals surface area contributed by atoms with Crippen molar-refractivity contribution in [2.75, 3.05) is 13.2 Å². The second-order valence-corrected chi connectivity index (χ2v) is 9.53. The minimum atomic E-state index is -0.864. The van der Waals surface area contributed by atoms with E-state index in [0.717, 1.165) is 24.8 Å². The van der Waals surface area contributed by atoms with Crippen LogP contribution >= 0.6 is 0 Å². The van der Waals surface area contributed by atoms with Crippen LogP contribution in [0.5, 0.6) is 17.2 Å². The van der Waals surface area contributed by atoms with Crippen molar-refractivity contribution in [3.05, 3.63) is 53.1 Å². The number of benzene rings is 2. The highest BCUT2D eigenvalue weighted by Gasteiger charge is 2.20. The largest absolute Gasteiger partial charge is 0.507 e. The first-order valence-corrected chi connectivity index (χ1v) is 11.6. The third kappa shape index (κ3) is 8.79. The second kappa shape index (κ2) is 12.3. The maximum Gasteiger partial charge on any atom is 0.307 e. The molecule has 3 N–H and O–H groups in total. The molecule has 6 heteroatoms. The van der Waals surface area contributed by atoms with Crippen LogP contribution in [0.2, 0.25) is 0 Å². The van der Waals surface area contributed by atoms with Gasteiger partial charge in [-0.1, -0.05) is 46.2 Å². The normalized spacial score (nSPS) is 11.3. The van der Waals surface area contributed by atoms with E-state index < -0.39 is 5.97 Å². The lowest BCUT2D eigenvalue weighted by atomic mass is 9.86. The van der Waals surface area contributed by atoms with Gasteiger partial charge in [-0.3, -0.25) is 4.79 Å². The zero-order valence-corrected chi connectivity index (χ0v) is 20.2. The number of ether oxygens (including phenoxy) is 2. The Morgan fingerprint density at radius 1 is 1.06 bits per heavy atom. The van der Waals surface area contributed by atoms with Crippen LogP contribution in [0.1, 0.15) is 70.1 Å². The Morgan fingerprint density at radius 2 is 1.76 bits per heavy atom. The van der Waals surface area contributed by atoms with Crippen LogP contribution in [-0.2, 0) is 17.6 Å². The van der Waals surface area contributed by atoms with Gasteiger partial charge < -0.3 is 25.1 Å². The van der Waals surface area contributed by atoms with Gasteiger partial charge in [-0.2, -0.15) is 0 Å². The highest BCUT2D eigenvalue weighted by Crippen LogP contribution is 2.35. The van der Waals surface area contributed by atoms with Crippen LogP contribution in [0.25, 0.3) is 0 Å². The Kier molecular flexibility index (Phi) is 9.76. The summed E-state index contributed by atoms with van der Waals surface area (Å²) in [4.78, 5) is 10.8. The summed E-state index contributed by atoms with van der Waals surface area (Å²) in [6.07, 6.45) is 3.69. The average molecular weight is 456 g/mol. The molecule has 0 atom stereocenters. The van der Waals surface area contributed by atoms with E-state index >= 15 is 0 Å². The zero-order valence-electron chi connectivity index (χ0n) is 20.2. The minimum Gasteiger partial charge on any atom is -0.507 e. The number of hydrogen-bond acceptors (Lipinski definition) is 5. The number of phenols is 1. The van der Waals surface area contributed by atoms with Crippen molar-refractivity contribution in [2.24, 2.45) is 5.41 Å². The van der Waals surface area contributed by atoms with Crippen molar-refractivity contribution in [3.8, 4) is 17.2 Å². The molecule has 0 saturated carbocycles. The molecule has 2 aromatic carbocycles. The molecule has 2 rings (SSSR count). The number of rotatable bonds is 13. The van der Waals surface area contributed by atoms with E-state index in [1.54, 1.807) is 24.3 Å². The quantitative estimate of drug-likeness (QED) is 0.253. The van der Waals surface area contributed by atoms with Crippen molar-refractivity contribution in [1.29, 1.82) is 5.41 Å². The van der Waals surface area contributed by atoms with Gasteiger partial charge in [0.1, 0.15) is 17.2 Å². The first-order valence-electron chi connectivity index (χ1n) is 11.6. The number of carboxylic acids is 1. The van der Waals surface area contributed by atoms with E-state index in [1.807, 2.05) is 12.1 Å². The van der Waals surface area contributed by atoms with Crippen molar-refractivity contribution < 1.29 is 24.5 Å². The van der Waals surface area contributed by atoms with E-state index in [2.05, 4.69) is 27.7 Å². The molecule has 0 radical (unpaired) electrons. The van der Waals surface area contributed by atoms with Crippen LogP contribution < -0.4 is 9.47 Å². The summed E-state index contributed by atoms with van der Waals surface area (Å²) < 4.78 is 11.7. The Balaban J connectivity index is 1.88. The lowest BCUT2D eigenvalue weighted by molar-refractivity contribution is -0.136. The van der Waals surface area contributed by atoms with Crippen LogP contribution in [0.15, 0.2) is 36.4 Å². The zero-order chi connectivity index (χ0) is 24.4. The van der Waals surface area contributed by atoms with E-state index in [1.165, 1.54) is 0 Å². The predicted molar refractivity (Wildman–Crippen MR) is 131 cm³/mol. The number of aromatic hydroxyl groups is 1. The van der Waals surface area contributed by atoms with Crippen LogP contribution in [0.3, 0.4) is 0 Å². The standard InChI is InChI=1S/C27H37NO5/c1-5-9-22-24(13-12-21(26(22)31)23(28)18-27(2,3)4)33-15-7-6-14-32-20-11-8-10-19(16-20)17-25(29)30/h8,10-13,16,28,31H,5-7,9,14-15,17-18H2,1-4H3,(H,29,30). The van der Waals surface area contributed by atoms with E-state index in [4.69, 9.17) is 20.0 Å². The van der Waals surface area contributed by atoms with Crippen molar-refractivity contribution in [2.45, 2.75) is 66.2 Å². The fourth-order valence-electron chi connectivity index (χ4n) is 3.61. The highest BCUT2D eigenvalue weighted by molar-refractivity contribution is 6.01. The number of phenolic OH excluding ortho intramolecular Hbond substituents is 1. The third-order valence-corrected chi connectivity index (χ3v) is 5.09. The number of carboxylic acid groups (broad SMARTS) is 1. The Labute approximate surface area is 197 Å². The number of nitrogens with one attached hydrogen (secondary N) is 1. The van der Waals surface area contributed by atoms with Gasteiger partial charge in [-0.05, 0) is 60.9 Å². The Hall–Kier alpha value is -3.02. The molecule has 0 saturated heterocycles. The molecule has 0 aliphatic rings. The predicted octanol–water partition coefficient (Wildman–Crippen LogP) is 6.01.